The van der Waals surface area contributed by atoms with Crippen LogP contribution < -0.4 is 0 Å². The molecule has 118 valence electrons. The third-order valence-corrected chi connectivity index (χ3v) is 6.48. The molecule has 4 nitrogen and oxygen atoms in total. The molecule has 0 aliphatic rings. The molecule has 0 aliphatic heterocycles. The number of carboxylic acid groups (broad SMARTS) is 1. The van der Waals surface area contributed by atoms with Gasteiger partial charge in [-0.1, -0.05) is 44.4 Å². The van der Waals surface area contributed by atoms with Crippen molar-refractivity contribution in [3.63, 3.8) is 0 Å². The van der Waals surface area contributed by atoms with Crippen molar-refractivity contribution in [3.05, 3.63) is 29.3 Å². The van der Waals surface area contributed by atoms with Crippen LogP contribution >= 0.6 is 0 Å². The monoisotopic (exact) mass is 312 g/mol. The predicted octanol–water partition coefficient (Wildman–Crippen LogP) is 3.50. The molecule has 0 aliphatic carbocycles. The quantitative estimate of drug-likeness (QED) is 0.836. The van der Waals surface area contributed by atoms with Crippen molar-refractivity contribution in [1.82, 2.24) is 0 Å². The van der Waals surface area contributed by atoms with Gasteiger partial charge in [-0.3, -0.25) is 4.79 Å². The molecule has 0 bridgehead atoms. The third kappa shape index (κ3) is 3.12. The molecule has 0 heterocycles. The Morgan fingerprint density at radius 3 is 2.05 bits per heavy atom. The van der Waals surface area contributed by atoms with Crippen LogP contribution in [0.4, 0.5) is 0 Å². The van der Waals surface area contributed by atoms with E-state index in [0.717, 1.165) is 5.56 Å². The van der Waals surface area contributed by atoms with Gasteiger partial charge in [-0.05, 0) is 38.3 Å². The smallest absolute Gasteiger partial charge is 0.325 e. The fraction of sp³-hybridized carbons (Fsp3) is 0.562. The Bertz CT molecular complexity index is 611. The minimum atomic E-state index is -3.93. The maximum atomic E-state index is 13.0. The van der Waals surface area contributed by atoms with Crippen LogP contribution in [0.25, 0.3) is 0 Å². The van der Waals surface area contributed by atoms with Gasteiger partial charge in [0.05, 0.1) is 4.90 Å². The first-order valence-electron chi connectivity index (χ1n) is 7.28. The zero-order chi connectivity index (χ0) is 16.3. The second-order valence-electron chi connectivity index (χ2n) is 5.57. The fourth-order valence-corrected chi connectivity index (χ4v) is 5.17. The average Bonchev–Trinajstić information content (AvgIpc) is 2.37. The Morgan fingerprint density at radius 1 is 1.14 bits per heavy atom. The van der Waals surface area contributed by atoms with Gasteiger partial charge in [0.2, 0.25) is 0 Å². The number of carboxylic acids is 1. The Morgan fingerprint density at radius 2 is 1.67 bits per heavy atom. The standard InChI is InChI=1S/C16H24O4S/c1-5-9-16(10-6-2,15(17)18)21(19,20)14-8-7-12(3)11-13(14)4/h7-8,11H,5-6,9-10H2,1-4H3,(H,17,18). The van der Waals surface area contributed by atoms with E-state index in [0.29, 0.717) is 18.4 Å². The van der Waals surface area contributed by atoms with E-state index < -0.39 is 20.6 Å². The van der Waals surface area contributed by atoms with Crippen molar-refractivity contribution in [1.29, 1.82) is 0 Å². The summed E-state index contributed by atoms with van der Waals surface area (Å²) in [7, 11) is -3.93. The maximum Gasteiger partial charge on any atom is 0.325 e. The van der Waals surface area contributed by atoms with Crippen molar-refractivity contribution < 1.29 is 18.3 Å². The van der Waals surface area contributed by atoms with Gasteiger partial charge in [-0.15, -0.1) is 0 Å². The summed E-state index contributed by atoms with van der Waals surface area (Å²) in [6.45, 7) is 7.21. The molecule has 1 aromatic rings. The maximum absolute atomic E-state index is 13.0. The molecular formula is C16H24O4S. The highest BCUT2D eigenvalue weighted by atomic mass is 32.2. The normalized spacial score (nSPS) is 12.4. The first-order valence-corrected chi connectivity index (χ1v) is 8.76. The Kier molecular flexibility index (Phi) is 5.56. The van der Waals surface area contributed by atoms with Crippen LogP contribution in [-0.4, -0.2) is 24.2 Å². The number of aliphatic carboxylic acids is 1. The predicted molar refractivity (Wildman–Crippen MR) is 83.3 cm³/mol. The molecule has 0 unspecified atom stereocenters. The lowest BCUT2D eigenvalue weighted by Gasteiger charge is -2.29. The van der Waals surface area contributed by atoms with Crippen LogP contribution in [-0.2, 0) is 14.6 Å². The lowest BCUT2D eigenvalue weighted by molar-refractivity contribution is -0.140. The number of carbonyl (C=O) groups is 1. The number of sulfone groups is 1. The molecule has 0 saturated carbocycles. The van der Waals surface area contributed by atoms with E-state index in [4.69, 9.17) is 0 Å². The topological polar surface area (TPSA) is 71.4 Å². The van der Waals surface area contributed by atoms with Gasteiger partial charge in [0, 0.05) is 0 Å². The van der Waals surface area contributed by atoms with Crippen LogP contribution in [0.15, 0.2) is 23.1 Å². The minimum Gasteiger partial charge on any atom is -0.480 e. The summed E-state index contributed by atoms with van der Waals surface area (Å²) in [6.07, 6.45) is 1.28. The third-order valence-electron chi connectivity index (χ3n) is 3.83. The van der Waals surface area contributed by atoms with E-state index in [-0.39, 0.29) is 17.7 Å². The number of hydrogen-bond donors (Lipinski definition) is 1. The SMILES string of the molecule is CCCC(CCC)(C(=O)O)S(=O)(=O)c1ccc(C)cc1C. The summed E-state index contributed by atoms with van der Waals surface area (Å²) in [6, 6.07) is 5.02. The van der Waals surface area contributed by atoms with Gasteiger partial charge in [0.15, 0.2) is 14.6 Å². The molecular weight excluding hydrogens is 288 g/mol. The lowest BCUT2D eigenvalue weighted by Crippen LogP contribution is -2.46. The first kappa shape index (κ1) is 17.7. The number of rotatable bonds is 7. The highest BCUT2D eigenvalue weighted by Crippen LogP contribution is 2.36. The molecule has 1 rings (SSSR count). The van der Waals surface area contributed by atoms with Crippen molar-refractivity contribution in [3.8, 4) is 0 Å². The molecule has 0 amide bonds. The summed E-state index contributed by atoms with van der Waals surface area (Å²) in [5.74, 6) is -1.24. The van der Waals surface area contributed by atoms with E-state index in [1.807, 2.05) is 20.8 Å². The van der Waals surface area contributed by atoms with Crippen LogP contribution in [0.3, 0.4) is 0 Å². The summed E-state index contributed by atoms with van der Waals surface area (Å²) in [5.41, 5.74) is 1.56. The van der Waals surface area contributed by atoms with Gasteiger partial charge >= 0.3 is 5.97 Å². The summed E-state index contributed by atoms with van der Waals surface area (Å²) in [5, 5.41) is 9.65. The van der Waals surface area contributed by atoms with Gasteiger partial charge in [0.1, 0.15) is 0 Å². The van der Waals surface area contributed by atoms with Gasteiger partial charge in [0.25, 0.3) is 0 Å². The number of aryl methyl sites for hydroxylation is 2. The van der Waals surface area contributed by atoms with Gasteiger partial charge < -0.3 is 5.11 Å². The van der Waals surface area contributed by atoms with Crippen LogP contribution in [0, 0.1) is 13.8 Å². The van der Waals surface area contributed by atoms with Crippen LogP contribution in [0.5, 0.6) is 0 Å². The molecule has 0 saturated heterocycles. The van der Waals surface area contributed by atoms with E-state index in [1.165, 1.54) is 6.07 Å². The highest BCUT2D eigenvalue weighted by molar-refractivity contribution is 7.93. The van der Waals surface area contributed by atoms with E-state index >= 15 is 0 Å². The lowest BCUT2D eigenvalue weighted by atomic mass is 9.97. The van der Waals surface area contributed by atoms with E-state index in [9.17, 15) is 18.3 Å². The first-order chi connectivity index (χ1) is 9.72. The van der Waals surface area contributed by atoms with Crippen molar-refractivity contribution in [2.45, 2.75) is 63.0 Å². The second kappa shape index (κ2) is 6.60. The molecule has 0 radical (unpaired) electrons. The molecule has 21 heavy (non-hydrogen) atoms. The van der Waals surface area contributed by atoms with Gasteiger partial charge in [-0.2, -0.15) is 0 Å². The second-order valence-corrected chi connectivity index (χ2v) is 7.80. The Balaban J connectivity index is 3.57. The van der Waals surface area contributed by atoms with Crippen molar-refractivity contribution >= 4 is 15.8 Å². The highest BCUT2D eigenvalue weighted by Gasteiger charge is 2.50. The van der Waals surface area contributed by atoms with E-state index in [2.05, 4.69) is 0 Å². The molecule has 1 aromatic carbocycles. The summed E-state index contributed by atoms with van der Waals surface area (Å²) >= 11 is 0. The molecule has 0 aromatic heterocycles. The minimum absolute atomic E-state index is 0.131. The van der Waals surface area contributed by atoms with Crippen LogP contribution in [0.2, 0.25) is 0 Å². The van der Waals surface area contributed by atoms with Crippen LogP contribution in [0.1, 0.15) is 50.7 Å². The molecule has 0 atom stereocenters. The molecule has 0 spiro atoms. The zero-order valence-corrected chi connectivity index (χ0v) is 14.0. The summed E-state index contributed by atoms with van der Waals surface area (Å²) < 4.78 is 24.3. The molecule has 5 heteroatoms. The average molecular weight is 312 g/mol. The van der Waals surface area contributed by atoms with Gasteiger partial charge in [-0.25, -0.2) is 8.42 Å². The number of benzene rings is 1. The van der Waals surface area contributed by atoms with Crippen molar-refractivity contribution in [2.24, 2.45) is 0 Å². The Labute approximate surface area is 127 Å². The Hall–Kier alpha value is -1.36. The zero-order valence-electron chi connectivity index (χ0n) is 13.1. The largest absolute Gasteiger partial charge is 0.480 e. The van der Waals surface area contributed by atoms with E-state index in [1.54, 1.807) is 19.1 Å². The fourth-order valence-electron chi connectivity index (χ4n) is 2.84. The molecule has 0 fully saturated rings. The van der Waals surface area contributed by atoms with Crippen molar-refractivity contribution in [2.75, 3.05) is 0 Å². The molecule has 1 N–H and O–H groups in total. The number of hydrogen-bond acceptors (Lipinski definition) is 3. The summed E-state index contributed by atoms with van der Waals surface area (Å²) in [4.78, 5) is 12.0.